The molecule has 31 heavy (non-hydrogen) atoms. The van der Waals surface area contributed by atoms with Crippen molar-refractivity contribution in [2.45, 2.75) is 25.6 Å². The predicted octanol–water partition coefficient (Wildman–Crippen LogP) is 3.58. The van der Waals surface area contributed by atoms with E-state index in [4.69, 9.17) is 0 Å². The van der Waals surface area contributed by atoms with Gasteiger partial charge in [-0.1, -0.05) is 36.4 Å². The number of amides is 1. The highest BCUT2D eigenvalue weighted by Gasteiger charge is 2.24. The number of hydrogen-bond acceptors (Lipinski definition) is 6. The molecular weight excluding hydrogens is 428 g/mol. The van der Waals surface area contributed by atoms with Gasteiger partial charge in [0.1, 0.15) is 11.4 Å². The highest BCUT2D eigenvalue weighted by Crippen LogP contribution is 2.33. The molecule has 5 rings (SSSR count). The van der Waals surface area contributed by atoms with Gasteiger partial charge < -0.3 is 5.32 Å². The van der Waals surface area contributed by atoms with Gasteiger partial charge in [0.05, 0.1) is 11.7 Å². The third-order valence-corrected chi connectivity index (χ3v) is 7.34. The maximum atomic E-state index is 13.1. The molecular formula is C23H22N4O2S2. The second kappa shape index (κ2) is 8.74. The summed E-state index contributed by atoms with van der Waals surface area (Å²) in [4.78, 5) is 34.2. The van der Waals surface area contributed by atoms with Crippen LogP contribution in [0.15, 0.2) is 64.3 Å². The number of benzene rings is 1. The van der Waals surface area contributed by atoms with Crippen LogP contribution in [0.3, 0.4) is 0 Å². The number of aromatic nitrogens is 2. The van der Waals surface area contributed by atoms with Crippen molar-refractivity contribution in [3.05, 3.63) is 75.5 Å². The lowest BCUT2D eigenvalue weighted by Crippen LogP contribution is -2.40. The molecule has 0 spiro atoms. The molecule has 0 bridgehead atoms. The van der Waals surface area contributed by atoms with Gasteiger partial charge in [-0.2, -0.15) is 0 Å². The molecule has 158 valence electrons. The number of likely N-dealkylation sites (tertiary alicyclic amines) is 1. The summed E-state index contributed by atoms with van der Waals surface area (Å²) in [7, 11) is 0. The molecule has 1 amide bonds. The van der Waals surface area contributed by atoms with Crippen molar-refractivity contribution in [2.24, 2.45) is 0 Å². The second-order valence-electron chi connectivity index (χ2n) is 7.76. The number of fused-ring (bicyclic) bond motifs is 1. The van der Waals surface area contributed by atoms with Crippen LogP contribution in [0.5, 0.6) is 0 Å². The van der Waals surface area contributed by atoms with E-state index >= 15 is 0 Å². The summed E-state index contributed by atoms with van der Waals surface area (Å²) in [6, 6.07) is 14.4. The third-order valence-electron chi connectivity index (χ3n) is 5.55. The summed E-state index contributed by atoms with van der Waals surface area (Å²) < 4.78 is 1.41. The quantitative estimate of drug-likeness (QED) is 0.488. The first-order valence-electron chi connectivity index (χ1n) is 10.2. The number of rotatable bonds is 6. The van der Waals surface area contributed by atoms with E-state index in [0.29, 0.717) is 10.2 Å². The monoisotopic (exact) mass is 450 g/mol. The first-order valence-corrected chi connectivity index (χ1v) is 12.0. The molecule has 1 N–H and O–H groups in total. The van der Waals surface area contributed by atoms with Crippen molar-refractivity contribution in [3.8, 4) is 10.4 Å². The Morgan fingerprint density at radius 3 is 2.84 bits per heavy atom. The molecule has 8 heteroatoms. The van der Waals surface area contributed by atoms with Gasteiger partial charge in [-0.15, -0.1) is 22.7 Å². The molecule has 6 nitrogen and oxygen atoms in total. The zero-order valence-electron chi connectivity index (χ0n) is 16.9. The van der Waals surface area contributed by atoms with Crippen LogP contribution in [-0.4, -0.2) is 39.5 Å². The van der Waals surface area contributed by atoms with Crippen LogP contribution >= 0.6 is 22.7 Å². The van der Waals surface area contributed by atoms with E-state index < -0.39 is 0 Å². The molecule has 0 aliphatic carbocycles. The first kappa shape index (κ1) is 20.1. The van der Waals surface area contributed by atoms with E-state index in [1.807, 2.05) is 41.1 Å². The van der Waals surface area contributed by atoms with Crippen LogP contribution in [0.1, 0.15) is 12.0 Å². The van der Waals surface area contributed by atoms with Gasteiger partial charge in [-0.3, -0.25) is 19.1 Å². The highest BCUT2D eigenvalue weighted by molar-refractivity contribution is 7.18. The van der Waals surface area contributed by atoms with Crippen LogP contribution in [0.2, 0.25) is 0 Å². The Bertz CT molecular complexity index is 1250. The summed E-state index contributed by atoms with van der Waals surface area (Å²) in [6.45, 7) is 2.64. The molecule has 1 saturated heterocycles. The van der Waals surface area contributed by atoms with E-state index in [-0.39, 0.29) is 24.1 Å². The fourth-order valence-corrected chi connectivity index (χ4v) is 5.78. The molecule has 1 unspecified atom stereocenters. The highest BCUT2D eigenvalue weighted by atomic mass is 32.1. The topological polar surface area (TPSA) is 67.2 Å². The molecule has 4 heterocycles. The fraction of sp³-hybridized carbons (Fsp3) is 0.261. The molecule has 4 aromatic rings. The van der Waals surface area contributed by atoms with Gasteiger partial charge in [-0.05, 0) is 23.4 Å². The fourth-order valence-electron chi connectivity index (χ4n) is 4.06. The van der Waals surface area contributed by atoms with Crippen molar-refractivity contribution in [2.75, 3.05) is 13.1 Å². The number of carbonyl (C=O) groups is 1. The number of nitrogens with one attached hydrogen (secondary N) is 1. The van der Waals surface area contributed by atoms with Crippen molar-refractivity contribution in [3.63, 3.8) is 0 Å². The minimum Gasteiger partial charge on any atom is -0.350 e. The standard InChI is InChI=1S/C23H22N4O2S2/c28-20(25-17-8-9-26(12-17)11-16-5-2-1-3-6-16)13-27-15-24-22-21(23(27)29)18(14-31-22)19-7-4-10-30-19/h1-7,10,14-15,17H,8-9,11-13H2,(H,25,28). The Morgan fingerprint density at radius 2 is 2.03 bits per heavy atom. The van der Waals surface area contributed by atoms with Crippen LogP contribution in [0.4, 0.5) is 0 Å². The van der Waals surface area contributed by atoms with Crippen LogP contribution in [-0.2, 0) is 17.9 Å². The average molecular weight is 451 g/mol. The molecule has 3 aromatic heterocycles. The molecule has 0 radical (unpaired) electrons. The van der Waals surface area contributed by atoms with Crippen molar-refractivity contribution >= 4 is 38.8 Å². The van der Waals surface area contributed by atoms with E-state index in [9.17, 15) is 9.59 Å². The predicted molar refractivity (Wildman–Crippen MR) is 125 cm³/mol. The summed E-state index contributed by atoms with van der Waals surface area (Å²) in [6.07, 6.45) is 2.40. The van der Waals surface area contributed by atoms with Crippen molar-refractivity contribution < 1.29 is 4.79 Å². The van der Waals surface area contributed by atoms with E-state index in [1.54, 1.807) is 11.3 Å². The molecule has 1 aromatic carbocycles. The van der Waals surface area contributed by atoms with Crippen LogP contribution in [0.25, 0.3) is 20.7 Å². The largest absolute Gasteiger partial charge is 0.350 e. The average Bonchev–Trinajstić information content (AvgIpc) is 3.52. The lowest BCUT2D eigenvalue weighted by molar-refractivity contribution is -0.122. The molecule has 1 aliphatic heterocycles. The summed E-state index contributed by atoms with van der Waals surface area (Å²) >= 11 is 3.05. The Morgan fingerprint density at radius 1 is 1.16 bits per heavy atom. The number of thiophene rings is 2. The molecule has 1 atom stereocenters. The van der Waals surface area contributed by atoms with Gasteiger partial charge in [0, 0.05) is 41.5 Å². The van der Waals surface area contributed by atoms with E-state index in [1.165, 1.54) is 27.8 Å². The summed E-state index contributed by atoms with van der Waals surface area (Å²) in [5.74, 6) is -0.150. The van der Waals surface area contributed by atoms with Gasteiger partial charge >= 0.3 is 0 Å². The third kappa shape index (κ3) is 4.32. The number of nitrogens with zero attached hydrogens (tertiary/aromatic N) is 3. The van der Waals surface area contributed by atoms with Crippen LogP contribution < -0.4 is 10.9 Å². The zero-order chi connectivity index (χ0) is 21.2. The first-order chi connectivity index (χ1) is 15.2. The normalized spacial score (nSPS) is 16.7. The SMILES string of the molecule is O=C(Cn1cnc2scc(-c3cccs3)c2c1=O)NC1CCN(Cc2ccccc2)C1. The van der Waals surface area contributed by atoms with Crippen LogP contribution in [0, 0.1) is 0 Å². The maximum Gasteiger partial charge on any atom is 0.263 e. The smallest absolute Gasteiger partial charge is 0.263 e. The minimum absolute atomic E-state index is 0.0172. The molecule has 1 fully saturated rings. The van der Waals surface area contributed by atoms with E-state index in [2.05, 4.69) is 27.3 Å². The summed E-state index contributed by atoms with van der Waals surface area (Å²) in [5, 5.41) is 7.64. The molecule has 0 saturated carbocycles. The minimum atomic E-state index is -0.165. The molecule has 1 aliphatic rings. The maximum absolute atomic E-state index is 13.1. The Balaban J connectivity index is 1.25. The lowest BCUT2D eigenvalue weighted by Gasteiger charge is -2.17. The zero-order valence-corrected chi connectivity index (χ0v) is 18.5. The Kier molecular flexibility index (Phi) is 5.67. The Labute approximate surface area is 187 Å². The Hall–Kier alpha value is -2.81. The van der Waals surface area contributed by atoms with Crippen molar-refractivity contribution in [1.82, 2.24) is 19.8 Å². The summed E-state index contributed by atoms with van der Waals surface area (Å²) in [5.41, 5.74) is 2.01. The van der Waals surface area contributed by atoms with Gasteiger partial charge in [0.25, 0.3) is 5.56 Å². The van der Waals surface area contributed by atoms with Crippen molar-refractivity contribution in [1.29, 1.82) is 0 Å². The second-order valence-corrected chi connectivity index (χ2v) is 9.56. The van der Waals surface area contributed by atoms with Gasteiger partial charge in [0.15, 0.2) is 0 Å². The van der Waals surface area contributed by atoms with Gasteiger partial charge in [0.2, 0.25) is 5.91 Å². The van der Waals surface area contributed by atoms with E-state index in [0.717, 1.165) is 36.5 Å². The number of hydrogen-bond donors (Lipinski definition) is 1. The number of carbonyl (C=O) groups excluding carboxylic acids is 1. The lowest BCUT2D eigenvalue weighted by atomic mass is 10.2. The van der Waals surface area contributed by atoms with Gasteiger partial charge in [-0.25, -0.2) is 4.98 Å².